The molecule has 1 aliphatic carbocycles. The van der Waals surface area contributed by atoms with E-state index in [0.29, 0.717) is 34.1 Å². The van der Waals surface area contributed by atoms with Crippen LogP contribution in [0.15, 0.2) is 90.9 Å². The van der Waals surface area contributed by atoms with Gasteiger partial charge in [0.15, 0.2) is 0 Å². The second kappa shape index (κ2) is 11.5. The topological polar surface area (TPSA) is 44.9 Å². The maximum Gasteiger partial charge on any atom is 0.137 e. The number of hydrogen-bond donors (Lipinski definition) is 0. The maximum atomic E-state index is 15.0. The summed E-state index contributed by atoms with van der Waals surface area (Å²) in [6.07, 6.45) is -0.964. The van der Waals surface area contributed by atoms with Gasteiger partial charge in [-0.1, -0.05) is 32.0 Å². The summed E-state index contributed by atoms with van der Waals surface area (Å²) < 4.78 is 54.2. The number of aromatic nitrogens is 4. The minimum atomic E-state index is -1.67. The fourth-order valence-corrected chi connectivity index (χ4v) is 6.70. The summed E-state index contributed by atoms with van der Waals surface area (Å²) in [5, 5.41) is 6.92. The summed E-state index contributed by atoms with van der Waals surface area (Å²) in [7, 11) is 0. The smallest absolute Gasteiger partial charge is 0.137 e. The Labute approximate surface area is 266 Å². The average molecular weight is 621 g/mol. The molecule has 0 N–H and O–H groups in total. The molecular weight excluding hydrogens is 585 g/mol. The van der Waals surface area contributed by atoms with Crippen LogP contribution in [0, 0.1) is 20.8 Å². The normalized spacial score (nSPS) is 18.5. The molecule has 46 heavy (non-hydrogen) atoms. The van der Waals surface area contributed by atoms with Crippen LogP contribution in [0.5, 0.6) is 11.5 Å². The van der Waals surface area contributed by atoms with Crippen molar-refractivity contribution < 1.29 is 17.9 Å². The summed E-state index contributed by atoms with van der Waals surface area (Å²) in [6, 6.07) is 24.3. The molecule has 8 heteroatoms. The molecule has 3 atom stereocenters. The van der Waals surface area contributed by atoms with E-state index in [4.69, 9.17) is 9.84 Å². The molecule has 0 amide bonds. The monoisotopic (exact) mass is 620 g/mol. The first-order valence-corrected chi connectivity index (χ1v) is 15.6. The van der Waals surface area contributed by atoms with E-state index in [1.807, 2.05) is 54.7 Å². The zero-order valence-corrected chi connectivity index (χ0v) is 26.4. The predicted octanol–water partition coefficient (Wildman–Crippen LogP) is 10.2. The molecule has 0 saturated carbocycles. The number of pyridine rings is 1. The average Bonchev–Trinajstić information content (AvgIpc) is 3.49. The number of para-hydroxylation sites is 1. The van der Waals surface area contributed by atoms with Crippen molar-refractivity contribution in [1.29, 1.82) is 0 Å². The standard InChI is InChI=1S/C38H35F3N4O/c1-21(2)25-15-27(45-24(5)37(23(4)43-45)38-32(40)17-26(39)18-33(38)41)19-29(16-25)46-28-10-11-31-30-8-6-7-9-34(30)44(35(31)20-28)36-14-22(3)12-13-42-36/h6-17,19-21,26,33,38H,18H2,1-5H3/t26-,33-,38?/m0/s1. The number of nitrogens with zero attached hydrogens (tertiary/aromatic N) is 4. The second-order valence-corrected chi connectivity index (χ2v) is 12.5. The van der Waals surface area contributed by atoms with Crippen LogP contribution >= 0.6 is 0 Å². The molecule has 0 spiro atoms. The third-order valence-electron chi connectivity index (χ3n) is 8.94. The van der Waals surface area contributed by atoms with Gasteiger partial charge in [0.1, 0.15) is 35.5 Å². The Morgan fingerprint density at radius 2 is 1.65 bits per heavy atom. The largest absolute Gasteiger partial charge is 0.457 e. The zero-order chi connectivity index (χ0) is 32.3. The van der Waals surface area contributed by atoms with Gasteiger partial charge in [0, 0.05) is 46.8 Å². The summed E-state index contributed by atoms with van der Waals surface area (Å²) in [5.74, 6) is 0.303. The van der Waals surface area contributed by atoms with E-state index < -0.39 is 24.1 Å². The minimum absolute atomic E-state index is 0.173. The van der Waals surface area contributed by atoms with E-state index in [0.717, 1.165) is 44.8 Å². The number of allylic oxidation sites excluding steroid dienone is 2. The van der Waals surface area contributed by atoms with Crippen molar-refractivity contribution in [3.8, 4) is 23.0 Å². The van der Waals surface area contributed by atoms with E-state index in [1.54, 1.807) is 18.5 Å². The molecule has 0 aliphatic heterocycles. The quantitative estimate of drug-likeness (QED) is 0.186. The molecule has 1 unspecified atom stereocenters. The van der Waals surface area contributed by atoms with Crippen molar-refractivity contribution in [1.82, 2.24) is 19.3 Å². The third-order valence-corrected chi connectivity index (χ3v) is 8.94. The number of alkyl halides is 2. The number of aryl methyl sites for hydroxylation is 2. The van der Waals surface area contributed by atoms with Crippen molar-refractivity contribution in [3.63, 3.8) is 0 Å². The highest BCUT2D eigenvalue weighted by Crippen LogP contribution is 2.42. The lowest BCUT2D eigenvalue weighted by Gasteiger charge is -2.25. The number of halogens is 3. The zero-order valence-electron chi connectivity index (χ0n) is 26.4. The van der Waals surface area contributed by atoms with Gasteiger partial charge in [0.25, 0.3) is 0 Å². The molecule has 1 aliphatic rings. The van der Waals surface area contributed by atoms with Gasteiger partial charge in [-0.15, -0.1) is 0 Å². The highest BCUT2D eigenvalue weighted by atomic mass is 19.2. The van der Waals surface area contributed by atoms with Crippen LogP contribution in [-0.2, 0) is 0 Å². The molecule has 234 valence electrons. The summed E-state index contributed by atoms with van der Waals surface area (Å²) >= 11 is 0. The van der Waals surface area contributed by atoms with Crippen molar-refractivity contribution in [2.75, 3.05) is 0 Å². The van der Waals surface area contributed by atoms with Gasteiger partial charge < -0.3 is 4.74 Å². The third kappa shape index (κ3) is 5.15. The molecule has 6 aromatic rings. The molecule has 3 heterocycles. The van der Waals surface area contributed by atoms with Crippen LogP contribution in [0.2, 0.25) is 0 Å². The lowest BCUT2D eigenvalue weighted by molar-refractivity contribution is 0.195. The van der Waals surface area contributed by atoms with E-state index in [9.17, 15) is 8.78 Å². The van der Waals surface area contributed by atoms with E-state index in [-0.39, 0.29) is 12.3 Å². The van der Waals surface area contributed by atoms with Gasteiger partial charge >= 0.3 is 0 Å². The van der Waals surface area contributed by atoms with Crippen molar-refractivity contribution in [2.24, 2.45) is 0 Å². The Bertz CT molecular complexity index is 2140. The fourth-order valence-electron chi connectivity index (χ4n) is 6.70. The Morgan fingerprint density at radius 3 is 2.41 bits per heavy atom. The summed E-state index contributed by atoms with van der Waals surface area (Å²) in [6.45, 7) is 9.78. The first-order valence-electron chi connectivity index (χ1n) is 15.6. The molecular formula is C38H35F3N4O. The number of benzene rings is 3. The minimum Gasteiger partial charge on any atom is -0.457 e. The van der Waals surface area contributed by atoms with Crippen LogP contribution in [0.1, 0.15) is 60.2 Å². The van der Waals surface area contributed by atoms with Crippen LogP contribution in [0.25, 0.3) is 33.3 Å². The number of hydrogen-bond acceptors (Lipinski definition) is 3. The molecule has 7 rings (SSSR count). The number of fused-ring (bicyclic) bond motifs is 3. The number of rotatable bonds is 6. The first kappa shape index (κ1) is 29.8. The Kier molecular flexibility index (Phi) is 7.46. The lowest BCUT2D eigenvalue weighted by atomic mass is 9.84. The molecule has 0 radical (unpaired) electrons. The van der Waals surface area contributed by atoms with E-state index in [2.05, 4.69) is 54.6 Å². The summed E-state index contributed by atoms with van der Waals surface area (Å²) in [5.41, 5.74) is 6.44. The second-order valence-electron chi connectivity index (χ2n) is 12.5. The van der Waals surface area contributed by atoms with Gasteiger partial charge in [0.05, 0.1) is 28.3 Å². The molecule has 3 aromatic heterocycles. The van der Waals surface area contributed by atoms with E-state index >= 15 is 4.39 Å². The van der Waals surface area contributed by atoms with Crippen molar-refractivity contribution >= 4 is 21.8 Å². The van der Waals surface area contributed by atoms with Crippen molar-refractivity contribution in [2.45, 2.75) is 65.2 Å². The highest BCUT2D eigenvalue weighted by molar-refractivity contribution is 6.09. The molecule has 0 saturated heterocycles. The predicted molar refractivity (Wildman–Crippen MR) is 177 cm³/mol. The SMILES string of the molecule is Cc1ccnc(-n2c3ccccc3c3ccc(Oc4cc(C(C)C)cc(-n5nc(C)c(C6C(F)=C[C@H](F)C[C@@H]6F)c5C)c4)cc32)c1. The van der Waals surface area contributed by atoms with Crippen LogP contribution in [0.3, 0.4) is 0 Å². The van der Waals surface area contributed by atoms with Gasteiger partial charge in [-0.25, -0.2) is 22.8 Å². The van der Waals surface area contributed by atoms with Crippen LogP contribution < -0.4 is 4.74 Å². The van der Waals surface area contributed by atoms with Crippen molar-refractivity contribution in [3.05, 3.63) is 119 Å². The molecule has 0 bridgehead atoms. The maximum absolute atomic E-state index is 15.0. The number of ether oxygens (including phenoxy) is 1. The van der Waals surface area contributed by atoms with Gasteiger partial charge in [-0.05, 0) is 86.4 Å². The van der Waals surface area contributed by atoms with Gasteiger partial charge in [-0.2, -0.15) is 5.10 Å². The Hall–Kier alpha value is -4.85. The van der Waals surface area contributed by atoms with Crippen LogP contribution in [0.4, 0.5) is 13.2 Å². The van der Waals surface area contributed by atoms with Crippen LogP contribution in [-0.4, -0.2) is 31.7 Å². The molecule has 3 aromatic carbocycles. The van der Waals surface area contributed by atoms with Gasteiger partial charge in [0.2, 0.25) is 0 Å². The van der Waals surface area contributed by atoms with E-state index in [1.165, 1.54) is 0 Å². The molecule has 0 fully saturated rings. The highest BCUT2D eigenvalue weighted by Gasteiger charge is 2.37. The summed E-state index contributed by atoms with van der Waals surface area (Å²) in [4.78, 5) is 4.68. The fraction of sp³-hybridized carbons (Fsp3) is 0.263. The first-order chi connectivity index (χ1) is 22.1. The lowest BCUT2D eigenvalue weighted by Crippen LogP contribution is -2.25. The Morgan fingerprint density at radius 1 is 0.870 bits per heavy atom. The molecule has 5 nitrogen and oxygen atoms in total. The van der Waals surface area contributed by atoms with Gasteiger partial charge in [-0.3, -0.25) is 4.57 Å². The Balaban J connectivity index is 1.32.